The van der Waals surface area contributed by atoms with Crippen LogP contribution in [-0.2, 0) is 30.3 Å². The topological polar surface area (TPSA) is 54.0 Å². The van der Waals surface area contributed by atoms with Crippen LogP contribution < -0.4 is 0 Å². The highest BCUT2D eigenvalue weighted by atomic mass is 32.2. The molecule has 0 saturated heterocycles. The number of hydrogen-bond acceptors (Lipinski definition) is 7. The predicted octanol–water partition coefficient (Wildman–Crippen LogP) is 3.20. The van der Waals surface area contributed by atoms with Gasteiger partial charge in [0.2, 0.25) is 0 Å². The van der Waals surface area contributed by atoms with Gasteiger partial charge >= 0.3 is 5.97 Å². The first-order chi connectivity index (χ1) is 12.2. The molecule has 0 spiro atoms. The summed E-state index contributed by atoms with van der Waals surface area (Å²) in [6.07, 6.45) is -1.08. The normalized spacial score (nSPS) is 26.2. The van der Waals surface area contributed by atoms with Gasteiger partial charge in [-0.3, -0.25) is 4.79 Å². The minimum Gasteiger partial charge on any atom is -0.463 e. The van der Waals surface area contributed by atoms with Crippen molar-refractivity contribution in [2.75, 3.05) is 25.2 Å². The second-order valence-corrected chi connectivity index (χ2v) is 7.96. The Balaban J connectivity index is 1.80. The highest BCUT2D eigenvalue weighted by Gasteiger charge is 2.41. The van der Waals surface area contributed by atoms with E-state index in [0.29, 0.717) is 6.61 Å². The van der Waals surface area contributed by atoms with Crippen molar-refractivity contribution in [2.45, 2.75) is 32.0 Å². The van der Waals surface area contributed by atoms with Crippen molar-refractivity contribution in [3.8, 4) is 0 Å². The van der Waals surface area contributed by atoms with Crippen LogP contribution >= 0.6 is 23.5 Å². The fraction of sp³-hybridized carbons (Fsp3) is 0.500. The predicted molar refractivity (Wildman–Crippen MR) is 99.3 cm³/mol. The van der Waals surface area contributed by atoms with Gasteiger partial charge < -0.3 is 18.9 Å². The van der Waals surface area contributed by atoms with Gasteiger partial charge in [-0.1, -0.05) is 30.3 Å². The molecule has 0 saturated carbocycles. The molecule has 0 radical (unpaired) electrons. The number of carbonyl (C=O) groups excluding carboxylic acids is 1. The Labute approximate surface area is 156 Å². The molecule has 5 nitrogen and oxygen atoms in total. The van der Waals surface area contributed by atoms with E-state index in [4.69, 9.17) is 18.9 Å². The summed E-state index contributed by atoms with van der Waals surface area (Å²) in [5.74, 6) is 1.71. The minimum absolute atomic E-state index is 0.149. The van der Waals surface area contributed by atoms with E-state index in [1.807, 2.05) is 30.3 Å². The standard InChI is InChI=1S/C18H22O5S2/c1-12(19)21-11-14-15(22-10-13-6-4-3-5-7-13)16-17(18(20-2)23-14)25-9-8-24-16/h3-7,14-15,18H,8-11H2,1-2H3/t14-,15+,18+/m0/s1. The monoisotopic (exact) mass is 382 g/mol. The van der Waals surface area contributed by atoms with E-state index in [0.717, 1.165) is 26.9 Å². The van der Waals surface area contributed by atoms with Crippen molar-refractivity contribution in [1.82, 2.24) is 0 Å². The summed E-state index contributed by atoms with van der Waals surface area (Å²) in [7, 11) is 1.63. The van der Waals surface area contributed by atoms with Gasteiger partial charge in [-0.15, -0.1) is 23.5 Å². The summed E-state index contributed by atoms with van der Waals surface area (Å²) in [5, 5.41) is 0. The van der Waals surface area contributed by atoms with Gasteiger partial charge in [0, 0.05) is 30.4 Å². The first-order valence-electron chi connectivity index (χ1n) is 8.16. The molecule has 136 valence electrons. The maximum atomic E-state index is 11.2. The van der Waals surface area contributed by atoms with Crippen molar-refractivity contribution in [1.29, 1.82) is 0 Å². The summed E-state index contributed by atoms with van der Waals surface area (Å²) >= 11 is 3.53. The van der Waals surface area contributed by atoms with Crippen LogP contribution in [0, 0.1) is 0 Å². The van der Waals surface area contributed by atoms with Gasteiger partial charge in [-0.2, -0.15) is 0 Å². The number of carbonyl (C=O) groups is 1. The zero-order valence-electron chi connectivity index (χ0n) is 14.3. The zero-order chi connectivity index (χ0) is 17.6. The maximum Gasteiger partial charge on any atom is 0.302 e. The first kappa shape index (κ1) is 18.8. The highest BCUT2D eigenvalue weighted by Crippen LogP contribution is 2.44. The number of benzene rings is 1. The van der Waals surface area contributed by atoms with E-state index >= 15 is 0 Å². The second-order valence-electron chi connectivity index (χ2n) is 5.69. The lowest BCUT2D eigenvalue weighted by molar-refractivity contribution is -0.190. The van der Waals surface area contributed by atoms with Crippen molar-refractivity contribution in [3.05, 3.63) is 45.7 Å². The Morgan fingerprint density at radius 3 is 2.60 bits per heavy atom. The summed E-state index contributed by atoms with van der Waals surface area (Å²) in [5.41, 5.74) is 1.10. The van der Waals surface area contributed by atoms with Crippen molar-refractivity contribution in [2.24, 2.45) is 0 Å². The van der Waals surface area contributed by atoms with Crippen LogP contribution in [0.1, 0.15) is 12.5 Å². The molecule has 0 unspecified atom stereocenters. The molecular weight excluding hydrogens is 360 g/mol. The summed E-state index contributed by atoms with van der Waals surface area (Å²) in [6, 6.07) is 10.0. The van der Waals surface area contributed by atoms with Gasteiger partial charge in [-0.25, -0.2) is 0 Å². The number of thioether (sulfide) groups is 2. The van der Waals surface area contributed by atoms with Crippen molar-refractivity contribution in [3.63, 3.8) is 0 Å². The van der Waals surface area contributed by atoms with Crippen LogP contribution in [0.2, 0.25) is 0 Å². The molecule has 0 aromatic heterocycles. The van der Waals surface area contributed by atoms with Crippen LogP contribution in [0.5, 0.6) is 0 Å². The van der Waals surface area contributed by atoms with Crippen LogP contribution in [0.3, 0.4) is 0 Å². The van der Waals surface area contributed by atoms with Gasteiger partial charge in [0.05, 0.1) is 11.5 Å². The average molecular weight is 383 g/mol. The van der Waals surface area contributed by atoms with Crippen LogP contribution in [0.15, 0.2) is 40.1 Å². The van der Waals surface area contributed by atoms with E-state index in [1.54, 1.807) is 30.6 Å². The molecule has 0 amide bonds. The number of hydrogen-bond donors (Lipinski definition) is 0. The average Bonchev–Trinajstić information content (AvgIpc) is 2.65. The third-order valence-corrected chi connectivity index (χ3v) is 6.58. The summed E-state index contributed by atoms with van der Waals surface area (Å²) < 4.78 is 22.9. The van der Waals surface area contributed by atoms with E-state index in [-0.39, 0.29) is 24.8 Å². The number of esters is 1. The molecule has 2 aliphatic rings. The van der Waals surface area contributed by atoms with Gasteiger partial charge in [0.1, 0.15) is 18.8 Å². The van der Waals surface area contributed by atoms with Crippen LogP contribution in [0.25, 0.3) is 0 Å². The molecule has 3 atom stereocenters. The molecule has 1 aromatic carbocycles. The fourth-order valence-electron chi connectivity index (χ4n) is 2.74. The van der Waals surface area contributed by atoms with E-state index < -0.39 is 6.29 Å². The van der Waals surface area contributed by atoms with Gasteiger partial charge in [-0.05, 0) is 5.56 Å². The highest BCUT2D eigenvalue weighted by molar-refractivity contribution is 8.10. The quantitative estimate of drug-likeness (QED) is 0.700. The molecule has 0 aliphatic carbocycles. The Morgan fingerprint density at radius 1 is 1.20 bits per heavy atom. The molecule has 2 aliphatic heterocycles. The maximum absolute atomic E-state index is 11.2. The van der Waals surface area contributed by atoms with Crippen LogP contribution in [-0.4, -0.2) is 49.7 Å². The molecule has 7 heteroatoms. The number of rotatable bonds is 6. The Bertz CT molecular complexity index is 619. The Hall–Kier alpha value is -0.990. The zero-order valence-corrected chi connectivity index (χ0v) is 15.9. The lowest BCUT2D eigenvalue weighted by Gasteiger charge is -2.39. The molecule has 1 aromatic rings. The van der Waals surface area contributed by atoms with Crippen LogP contribution in [0.4, 0.5) is 0 Å². The Morgan fingerprint density at radius 2 is 1.92 bits per heavy atom. The molecule has 0 bridgehead atoms. The second kappa shape index (κ2) is 9.09. The van der Waals surface area contributed by atoms with Gasteiger partial charge in [0.15, 0.2) is 6.29 Å². The lowest BCUT2D eigenvalue weighted by atomic mass is 10.1. The van der Waals surface area contributed by atoms with E-state index in [2.05, 4.69) is 0 Å². The number of methoxy groups -OCH3 is 1. The van der Waals surface area contributed by atoms with E-state index in [9.17, 15) is 4.79 Å². The smallest absolute Gasteiger partial charge is 0.302 e. The largest absolute Gasteiger partial charge is 0.463 e. The summed E-state index contributed by atoms with van der Waals surface area (Å²) in [6.45, 7) is 2.02. The minimum atomic E-state index is -0.426. The third kappa shape index (κ3) is 4.80. The third-order valence-electron chi connectivity index (χ3n) is 3.89. The molecule has 25 heavy (non-hydrogen) atoms. The number of ether oxygens (including phenoxy) is 4. The van der Waals surface area contributed by atoms with E-state index in [1.165, 1.54) is 6.92 Å². The molecule has 0 fully saturated rings. The molecule has 3 rings (SSSR count). The molecular formula is C18H22O5S2. The Kier molecular flexibility index (Phi) is 6.84. The molecule has 0 N–H and O–H groups in total. The fourth-order valence-corrected chi connectivity index (χ4v) is 5.37. The summed E-state index contributed by atoms with van der Waals surface area (Å²) in [4.78, 5) is 13.5. The SMILES string of the molecule is CO[C@@H]1O[C@@H](COC(C)=O)[C@@H](OCc2ccccc2)C2=C1SCCS2. The van der Waals surface area contributed by atoms with Crippen molar-refractivity contribution >= 4 is 29.5 Å². The molecule has 2 heterocycles. The van der Waals surface area contributed by atoms with Gasteiger partial charge in [0.25, 0.3) is 0 Å². The first-order valence-corrected chi connectivity index (χ1v) is 10.1. The van der Waals surface area contributed by atoms with Crippen molar-refractivity contribution < 1.29 is 23.7 Å². The lowest BCUT2D eigenvalue weighted by Crippen LogP contribution is -2.45.